The van der Waals surface area contributed by atoms with E-state index in [-0.39, 0.29) is 16.8 Å². The van der Waals surface area contributed by atoms with E-state index < -0.39 is 10.0 Å². The van der Waals surface area contributed by atoms with Crippen molar-refractivity contribution in [2.24, 2.45) is 0 Å². The number of amides is 1. The van der Waals surface area contributed by atoms with Crippen LogP contribution < -0.4 is 5.32 Å². The molecule has 0 saturated carbocycles. The van der Waals surface area contributed by atoms with E-state index in [2.05, 4.69) is 27.2 Å². The number of carbonyl (C=O) groups is 1. The van der Waals surface area contributed by atoms with E-state index >= 15 is 0 Å². The Morgan fingerprint density at radius 2 is 1.67 bits per heavy atom. The molecule has 178 valence electrons. The Balaban J connectivity index is 1.46. The SMILES string of the molecule is CN1CCN(S(=O)(=O)c2cccc(C(=O)NCC(c3ccccc3)N3CCOCC3)c2)CC1. The van der Waals surface area contributed by atoms with Gasteiger partial charge in [0.05, 0.1) is 24.2 Å². The molecule has 2 saturated heterocycles. The predicted octanol–water partition coefficient (Wildman–Crippen LogP) is 1.43. The molecule has 2 aliphatic heterocycles. The zero-order valence-electron chi connectivity index (χ0n) is 19.0. The highest BCUT2D eigenvalue weighted by Crippen LogP contribution is 2.22. The molecule has 33 heavy (non-hydrogen) atoms. The molecule has 2 aliphatic rings. The first-order valence-electron chi connectivity index (χ1n) is 11.4. The van der Waals surface area contributed by atoms with Gasteiger partial charge in [0.2, 0.25) is 10.0 Å². The molecule has 1 atom stereocenters. The first kappa shape index (κ1) is 23.8. The molecule has 0 aromatic heterocycles. The fraction of sp³-hybridized carbons (Fsp3) is 0.458. The van der Waals surface area contributed by atoms with Crippen molar-refractivity contribution in [3.63, 3.8) is 0 Å². The number of likely N-dealkylation sites (N-methyl/N-ethyl adjacent to an activating group) is 1. The highest BCUT2D eigenvalue weighted by atomic mass is 32.2. The molecule has 0 aliphatic carbocycles. The number of rotatable bonds is 7. The van der Waals surface area contributed by atoms with E-state index in [0.29, 0.717) is 51.5 Å². The number of nitrogens with one attached hydrogen (secondary N) is 1. The second-order valence-corrected chi connectivity index (χ2v) is 10.5. The summed E-state index contributed by atoms with van der Waals surface area (Å²) in [5.41, 5.74) is 1.48. The standard InChI is InChI=1S/C24H32N4O4S/c1-26-10-12-28(13-11-26)33(30,31)22-9-5-8-21(18-22)24(29)25-19-23(20-6-3-2-4-7-20)27-14-16-32-17-15-27/h2-9,18,23H,10-17,19H2,1H3,(H,25,29). The van der Waals surface area contributed by atoms with Crippen LogP contribution in [0.3, 0.4) is 0 Å². The van der Waals surface area contributed by atoms with Crippen LogP contribution in [0.5, 0.6) is 0 Å². The van der Waals surface area contributed by atoms with E-state index in [0.717, 1.165) is 18.7 Å². The smallest absolute Gasteiger partial charge is 0.251 e. The van der Waals surface area contributed by atoms with E-state index in [4.69, 9.17) is 4.74 Å². The summed E-state index contributed by atoms with van der Waals surface area (Å²) in [7, 11) is -1.65. The summed E-state index contributed by atoms with van der Waals surface area (Å²) in [5.74, 6) is -0.278. The monoisotopic (exact) mass is 472 g/mol. The Kier molecular flexibility index (Phi) is 7.77. The van der Waals surface area contributed by atoms with E-state index in [1.165, 1.54) is 10.4 Å². The number of piperazine rings is 1. The molecule has 2 aromatic rings. The van der Waals surface area contributed by atoms with Gasteiger partial charge in [-0.1, -0.05) is 36.4 Å². The van der Waals surface area contributed by atoms with Gasteiger partial charge < -0.3 is 15.0 Å². The Hall–Kier alpha value is -2.30. The summed E-state index contributed by atoms with van der Waals surface area (Å²) >= 11 is 0. The lowest BCUT2D eigenvalue weighted by atomic mass is 10.0. The Morgan fingerprint density at radius 3 is 2.36 bits per heavy atom. The molecule has 8 nitrogen and oxygen atoms in total. The second kappa shape index (κ2) is 10.8. The maximum atomic E-state index is 13.1. The van der Waals surface area contributed by atoms with Gasteiger partial charge in [-0.25, -0.2) is 8.42 Å². The van der Waals surface area contributed by atoms with Crippen LogP contribution in [-0.4, -0.2) is 94.5 Å². The van der Waals surface area contributed by atoms with Crippen molar-refractivity contribution in [3.05, 3.63) is 65.7 Å². The van der Waals surface area contributed by atoms with Crippen molar-refractivity contribution in [1.82, 2.24) is 19.4 Å². The maximum Gasteiger partial charge on any atom is 0.251 e. The van der Waals surface area contributed by atoms with Crippen molar-refractivity contribution in [2.45, 2.75) is 10.9 Å². The third-order valence-corrected chi connectivity index (χ3v) is 8.22. The normalized spacial score (nSPS) is 19.8. The molecule has 0 spiro atoms. The molecule has 9 heteroatoms. The maximum absolute atomic E-state index is 13.1. The molecular formula is C24H32N4O4S. The average molecular weight is 473 g/mol. The molecule has 1 amide bonds. The van der Waals surface area contributed by atoms with Gasteiger partial charge >= 0.3 is 0 Å². The van der Waals surface area contributed by atoms with Crippen LogP contribution in [0.2, 0.25) is 0 Å². The summed E-state index contributed by atoms with van der Waals surface area (Å²) in [5, 5.41) is 3.02. The lowest BCUT2D eigenvalue weighted by molar-refractivity contribution is 0.0162. The lowest BCUT2D eigenvalue weighted by Gasteiger charge is -2.35. The van der Waals surface area contributed by atoms with Crippen molar-refractivity contribution < 1.29 is 17.9 Å². The van der Waals surface area contributed by atoms with Crippen LogP contribution in [0.25, 0.3) is 0 Å². The van der Waals surface area contributed by atoms with Crippen LogP contribution >= 0.6 is 0 Å². The van der Waals surface area contributed by atoms with Gasteiger partial charge in [-0.05, 0) is 30.8 Å². The number of benzene rings is 2. The largest absolute Gasteiger partial charge is 0.379 e. The van der Waals surface area contributed by atoms with Crippen LogP contribution in [0.4, 0.5) is 0 Å². The van der Waals surface area contributed by atoms with Crippen molar-refractivity contribution in [3.8, 4) is 0 Å². The molecular weight excluding hydrogens is 440 g/mol. The molecule has 0 radical (unpaired) electrons. The Labute approximate surface area is 196 Å². The quantitative estimate of drug-likeness (QED) is 0.657. The Bertz CT molecular complexity index is 1030. The number of nitrogens with zero attached hydrogens (tertiary/aromatic N) is 3. The summed E-state index contributed by atoms with van der Waals surface area (Å²) in [6.45, 7) is 5.67. The number of hydrogen-bond donors (Lipinski definition) is 1. The number of carbonyl (C=O) groups excluding carboxylic acids is 1. The second-order valence-electron chi connectivity index (χ2n) is 8.52. The van der Waals surface area contributed by atoms with Gasteiger partial charge in [-0.2, -0.15) is 4.31 Å². The molecule has 2 heterocycles. The van der Waals surface area contributed by atoms with Gasteiger partial charge in [-0.3, -0.25) is 9.69 Å². The molecule has 1 unspecified atom stereocenters. The van der Waals surface area contributed by atoms with Gasteiger partial charge in [0.1, 0.15) is 0 Å². The third kappa shape index (κ3) is 5.80. The van der Waals surface area contributed by atoms with Crippen LogP contribution in [0.15, 0.2) is 59.5 Å². The van der Waals surface area contributed by atoms with Crippen LogP contribution in [-0.2, 0) is 14.8 Å². The first-order chi connectivity index (χ1) is 15.9. The molecule has 0 bridgehead atoms. The fourth-order valence-corrected chi connectivity index (χ4v) is 5.76. The fourth-order valence-electron chi connectivity index (χ4n) is 4.29. The van der Waals surface area contributed by atoms with Crippen molar-refractivity contribution in [1.29, 1.82) is 0 Å². The minimum Gasteiger partial charge on any atom is -0.379 e. The Morgan fingerprint density at radius 1 is 0.970 bits per heavy atom. The topological polar surface area (TPSA) is 82.2 Å². The minimum atomic E-state index is -3.63. The van der Waals surface area contributed by atoms with E-state index in [9.17, 15) is 13.2 Å². The summed E-state index contributed by atoms with van der Waals surface area (Å²) < 4.78 is 33.2. The zero-order chi connectivity index (χ0) is 23.3. The number of morpholine rings is 1. The molecule has 1 N–H and O–H groups in total. The van der Waals surface area contributed by atoms with Gasteiger partial charge in [-0.15, -0.1) is 0 Å². The first-order valence-corrected chi connectivity index (χ1v) is 12.8. The summed E-state index contributed by atoms with van der Waals surface area (Å²) in [6.07, 6.45) is 0. The highest BCUT2D eigenvalue weighted by Gasteiger charge is 2.28. The predicted molar refractivity (Wildman–Crippen MR) is 127 cm³/mol. The van der Waals surface area contributed by atoms with E-state index in [1.54, 1.807) is 18.2 Å². The highest BCUT2D eigenvalue weighted by molar-refractivity contribution is 7.89. The third-order valence-electron chi connectivity index (χ3n) is 6.32. The van der Waals surface area contributed by atoms with Crippen LogP contribution in [0, 0.1) is 0 Å². The van der Waals surface area contributed by atoms with Crippen molar-refractivity contribution in [2.75, 3.05) is 66.1 Å². The molecule has 2 fully saturated rings. The lowest BCUT2D eigenvalue weighted by Crippen LogP contribution is -2.47. The van der Waals surface area contributed by atoms with E-state index in [1.807, 2.05) is 25.2 Å². The number of ether oxygens (including phenoxy) is 1. The minimum absolute atomic E-state index is 0.0244. The number of sulfonamides is 1. The summed E-state index contributed by atoms with van der Waals surface area (Å²) in [4.78, 5) is 17.6. The zero-order valence-corrected chi connectivity index (χ0v) is 19.8. The molecule has 2 aromatic carbocycles. The summed E-state index contributed by atoms with van der Waals surface area (Å²) in [6, 6.07) is 16.5. The molecule has 4 rings (SSSR count). The van der Waals surface area contributed by atoms with Gasteiger partial charge in [0.15, 0.2) is 0 Å². The van der Waals surface area contributed by atoms with Crippen LogP contribution in [0.1, 0.15) is 22.0 Å². The van der Waals surface area contributed by atoms with Gasteiger partial charge in [0.25, 0.3) is 5.91 Å². The van der Waals surface area contributed by atoms with Gasteiger partial charge in [0, 0.05) is 51.4 Å². The number of hydrogen-bond acceptors (Lipinski definition) is 6. The average Bonchev–Trinajstić information content (AvgIpc) is 2.86. The van der Waals surface area contributed by atoms with Crippen molar-refractivity contribution >= 4 is 15.9 Å².